The van der Waals surface area contributed by atoms with Crippen LogP contribution in [0.1, 0.15) is 29.8 Å². The lowest BCUT2D eigenvalue weighted by Crippen LogP contribution is -2.29. The van der Waals surface area contributed by atoms with Crippen molar-refractivity contribution in [1.29, 1.82) is 0 Å². The molecule has 2 heterocycles. The number of carbonyl (C=O) groups excluding carboxylic acids is 1. The largest absolute Gasteiger partial charge is 0.271 e. The SMILES string of the molecule is C/C(=N/N1C(=O)CN(Cc2ccccc2)[C@H]1c1ccncc1)c1ccc(Cl)cc1. The molecule has 1 aliphatic heterocycles. The molecular weight excluding hydrogens is 384 g/mol. The molecule has 146 valence electrons. The van der Waals surface area contributed by atoms with Gasteiger partial charge in [0.1, 0.15) is 6.17 Å². The molecule has 1 amide bonds. The van der Waals surface area contributed by atoms with Crippen LogP contribution in [-0.4, -0.2) is 33.1 Å². The van der Waals surface area contributed by atoms with E-state index >= 15 is 0 Å². The molecule has 5 nitrogen and oxygen atoms in total. The van der Waals surface area contributed by atoms with E-state index in [-0.39, 0.29) is 12.1 Å². The fraction of sp³-hybridized carbons (Fsp3) is 0.174. The maximum Gasteiger partial charge on any atom is 0.258 e. The number of halogens is 1. The van der Waals surface area contributed by atoms with Gasteiger partial charge in [-0.25, -0.2) is 5.01 Å². The first-order valence-electron chi connectivity index (χ1n) is 9.43. The Morgan fingerprint density at radius 3 is 2.45 bits per heavy atom. The average Bonchev–Trinajstić information content (AvgIpc) is 3.04. The van der Waals surface area contributed by atoms with Crippen molar-refractivity contribution >= 4 is 23.2 Å². The van der Waals surface area contributed by atoms with E-state index in [0.717, 1.165) is 22.4 Å². The highest BCUT2D eigenvalue weighted by atomic mass is 35.5. The zero-order chi connectivity index (χ0) is 20.2. The number of hydrogen-bond donors (Lipinski definition) is 0. The van der Waals surface area contributed by atoms with Gasteiger partial charge in [-0.15, -0.1) is 0 Å². The fourth-order valence-corrected chi connectivity index (χ4v) is 3.62. The first-order valence-corrected chi connectivity index (χ1v) is 9.81. The Balaban J connectivity index is 1.68. The lowest BCUT2D eigenvalue weighted by Gasteiger charge is -2.27. The Labute approximate surface area is 175 Å². The van der Waals surface area contributed by atoms with Gasteiger partial charge in [0.2, 0.25) is 0 Å². The predicted octanol–water partition coefficient (Wildman–Crippen LogP) is 4.50. The quantitative estimate of drug-likeness (QED) is 0.588. The van der Waals surface area contributed by atoms with Crippen LogP contribution in [0.15, 0.2) is 84.2 Å². The van der Waals surface area contributed by atoms with Crippen molar-refractivity contribution in [3.63, 3.8) is 0 Å². The molecular formula is C23H21ClN4O. The highest BCUT2D eigenvalue weighted by molar-refractivity contribution is 6.30. The van der Waals surface area contributed by atoms with Crippen molar-refractivity contribution in [2.45, 2.75) is 19.6 Å². The summed E-state index contributed by atoms with van der Waals surface area (Å²) in [4.78, 5) is 19.2. The minimum atomic E-state index is -0.284. The van der Waals surface area contributed by atoms with E-state index in [2.05, 4.69) is 22.0 Å². The molecule has 1 atom stereocenters. The van der Waals surface area contributed by atoms with Crippen LogP contribution in [0.4, 0.5) is 0 Å². The molecule has 1 aromatic heterocycles. The molecule has 1 aliphatic rings. The molecule has 0 saturated carbocycles. The third kappa shape index (κ3) is 4.36. The Kier molecular flexibility index (Phi) is 5.69. The van der Waals surface area contributed by atoms with Gasteiger partial charge in [0.25, 0.3) is 5.91 Å². The second kappa shape index (κ2) is 8.55. The predicted molar refractivity (Wildman–Crippen MR) is 114 cm³/mol. The van der Waals surface area contributed by atoms with Gasteiger partial charge in [0.15, 0.2) is 0 Å². The van der Waals surface area contributed by atoms with Crippen LogP contribution in [0.5, 0.6) is 0 Å². The molecule has 0 spiro atoms. The van der Waals surface area contributed by atoms with E-state index in [1.165, 1.54) is 0 Å². The summed E-state index contributed by atoms with van der Waals surface area (Å²) in [6, 6.07) is 21.5. The summed E-state index contributed by atoms with van der Waals surface area (Å²) in [6.45, 7) is 2.87. The summed E-state index contributed by atoms with van der Waals surface area (Å²) in [5.41, 5.74) is 3.82. The van der Waals surface area contributed by atoms with Gasteiger partial charge in [-0.1, -0.05) is 54.1 Å². The van der Waals surface area contributed by atoms with Crippen molar-refractivity contribution in [3.05, 3.63) is 101 Å². The summed E-state index contributed by atoms with van der Waals surface area (Å²) in [5, 5.41) is 6.96. The van der Waals surface area contributed by atoms with Crippen molar-refractivity contribution in [2.24, 2.45) is 5.10 Å². The highest BCUT2D eigenvalue weighted by Gasteiger charge is 2.39. The van der Waals surface area contributed by atoms with Gasteiger partial charge in [-0.05, 0) is 47.9 Å². The van der Waals surface area contributed by atoms with E-state index in [1.54, 1.807) is 17.4 Å². The molecule has 0 unspecified atom stereocenters. The maximum atomic E-state index is 12.9. The number of rotatable bonds is 5. The number of nitrogens with zero attached hydrogens (tertiary/aromatic N) is 4. The summed E-state index contributed by atoms with van der Waals surface area (Å²) in [6.07, 6.45) is 3.20. The molecule has 29 heavy (non-hydrogen) atoms. The van der Waals surface area contributed by atoms with Crippen molar-refractivity contribution in [3.8, 4) is 0 Å². The van der Waals surface area contributed by atoms with Crippen LogP contribution >= 0.6 is 11.6 Å². The second-order valence-corrected chi connectivity index (χ2v) is 7.41. The molecule has 0 bridgehead atoms. The van der Waals surface area contributed by atoms with Gasteiger partial charge < -0.3 is 0 Å². The van der Waals surface area contributed by atoms with Gasteiger partial charge in [0, 0.05) is 24.0 Å². The minimum Gasteiger partial charge on any atom is -0.271 e. The Morgan fingerprint density at radius 1 is 1.07 bits per heavy atom. The molecule has 3 aromatic rings. The Hall–Kier alpha value is -3.02. The van der Waals surface area contributed by atoms with Crippen molar-refractivity contribution < 1.29 is 4.79 Å². The van der Waals surface area contributed by atoms with Crippen molar-refractivity contribution in [2.75, 3.05) is 6.54 Å². The van der Waals surface area contributed by atoms with Crippen LogP contribution in [0.2, 0.25) is 5.02 Å². The van der Waals surface area contributed by atoms with E-state index in [9.17, 15) is 4.79 Å². The lowest BCUT2D eigenvalue weighted by molar-refractivity contribution is -0.128. The van der Waals surface area contributed by atoms with Gasteiger partial charge in [-0.2, -0.15) is 5.10 Å². The van der Waals surface area contributed by atoms with E-state index in [0.29, 0.717) is 18.1 Å². The molecule has 0 N–H and O–H groups in total. The van der Waals surface area contributed by atoms with Gasteiger partial charge >= 0.3 is 0 Å². The normalized spacial score (nSPS) is 17.7. The van der Waals surface area contributed by atoms with Crippen LogP contribution in [0, 0.1) is 0 Å². The summed E-state index contributed by atoms with van der Waals surface area (Å²) in [7, 11) is 0. The molecule has 6 heteroatoms. The van der Waals surface area contributed by atoms with Crippen LogP contribution < -0.4 is 0 Å². The average molecular weight is 405 g/mol. The molecule has 0 aliphatic carbocycles. The number of carbonyl (C=O) groups is 1. The second-order valence-electron chi connectivity index (χ2n) is 6.98. The number of aromatic nitrogens is 1. The number of pyridine rings is 1. The van der Waals surface area contributed by atoms with Gasteiger partial charge in [-0.3, -0.25) is 14.7 Å². The highest BCUT2D eigenvalue weighted by Crippen LogP contribution is 2.32. The van der Waals surface area contributed by atoms with Gasteiger partial charge in [0.05, 0.1) is 12.3 Å². The van der Waals surface area contributed by atoms with Crippen LogP contribution in [0.3, 0.4) is 0 Å². The van der Waals surface area contributed by atoms with E-state index < -0.39 is 0 Å². The first kappa shape index (κ1) is 19.3. The third-order valence-electron chi connectivity index (χ3n) is 4.92. The molecule has 2 aromatic carbocycles. The van der Waals surface area contributed by atoms with E-state index in [4.69, 9.17) is 16.7 Å². The Bertz CT molecular complexity index is 1010. The summed E-state index contributed by atoms with van der Waals surface area (Å²) in [5.74, 6) is -0.0314. The molecule has 4 rings (SSSR count). The standard InChI is InChI=1S/C23H21ClN4O/c1-17(19-7-9-21(24)10-8-19)26-28-22(29)16-27(15-18-5-3-2-4-6-18)23(28)20-11-13-25-14-12-20/h2-14,23H,15-16H2,1H3/b26-17-/t23-/m1/s1. The summed E-state index contributed by atoms with van der Waals surface area (Å²) < 4.78 is 0. The van der Waals surface area contributed by atoms with Crippen LogP contribution in [0.25, 0.3) is 0 Å². The number of amides is 1. The van der Waals surface area contributed by atoms with E-state index in [1.807, 2.05) is 61.5 Å². The number of hydrazone groups is 1. The fourth-order valence-electron chi connectivity index (χ4n) is 3.49. The zero-order valence-corrected chi connectivity index (χ0v) is 16.8. The van der Waals surface area contributed by atoms with Crippen LogP contribution in [-0.2, 0) is 11.3 Å². The molecule has 1 fully saturated rings. The Morgan fingerprint density at radius 2 is 1.76 bits per heavy atom. The molecule has 0 radical (unpaired) electrons. The monoisotopic (exact) mass is 404 g/mol. The third-order valence-corrected chi connectivity index (χ3v) is 5.18. The lowest BCUT2D eigenvalue weighted by atomic mass is 10.1. The topological polar surface area (TPSA) is 48.8 Å². The number of benzene rings is 2. The number of hydrogen-bond acceptors (Lipinski definition) is 4. The smallest absolute Gasteiger partial charge is 0.258 e. The first-order chi connectivity index (χ1) is 14.1. The molecule has 1 saturated heterocycles. The maximum absolute atomic E-state index is 12.9. The zero-order valence-electron chi connectivity index (χ0n) is 16.1. The minimum absolute atomic E-state index is 0.0314. The van der Waals surface area contributed by atoms with Crippen molar-refractivity contribution in [1.82, 2.24) is 14.9 Å². The summed E-state index contributed by atoms with van der Waals surface area (Å²) >= 11 is 5.99.